The Hall–Kier alpha value is -2.95. The standard InChI is InChI=1S/C19H20N4O3/c1-19(2)17(24)16(14-9-12(10-20)6-7-15(14)26-19)22-18(23-25-3)13-5-4-8-21-11-13/h4-9,11,16-17,24H,1-3H3,(H,22,23)/t16-,17+/m0/s1. The average molecular weight is 352 g/mol. The molecule has 1 aromatic heterocycles. The van der Waals surface area contributed by atoms with Crippen LogP contribution in [0, 0.1) is 11.3 Å². The third kappa shape index (κ3) is 3.38. The van der Waals surface area contributed by atoms with Crippen LogP contribution in [-0.4, -0.2) is 34.7 Å². The van der Waals surface area contributed by atoms with Gasteiger partial charge in [-0.2, -0.15) is 5.26 Å². The van der Waals surface area contributed by atoms with Crippen LogP contribution in [0.25, 0.3) is 0 Å². The number of nitrogens with one attached hydrogen (secondary N) is 1. The lowest BCUT2D eigenvalue weighted by Crippen LogP contribution is -2.48. The number of hydrogen-bond acceptors (Lipinski definition) is 6. The Balaban J connectivity index is 2.13. The maximum absolute atomic E-state index is 10.9. The van der Waals surface area contributed by atoms with E-state index in [1.54, 1.807) is 50.5 Å². The number of pyridine rings is 1. The van der Waals surface area contributed by atoms with Gasteiger partial charge in [0.1, 0.15) is 23.5 Å². The van der Waals surface area contributed by atoms with Crippen LogP contribution in [0.1, 0.15) is 36.6 Å². The van der Waals surface area contributed by atoms with Crippen LogP contribution in [0.4, 0.5) is 0 Å². The van der Waals surface area contributed by atoms with Crippen molar-refractivity contribution in [1.82, 2.24) is 10.5 Å². The summed E-state index contributed by atoms with van der Waals surface area (Å²) in [4.78, 5) is 13.8. The van der Waals surface area contributed by atoms with Crippen molar-refractivity contribution in [3.63, 3.8) is 0 Å². The Kier molecular flexibility index (Phi) is 4.89. The molecule has 2 N–H and O–H groups in total. The summed E-state index contributed by atoms with van der Waals surface area (Å²) >= 11 is 0. The van der Waals surface area contributed by atoms with Crippen molar-refractivity contribution in [1.29, 1.82) is 5.26 Å². The van der Waals surface area contributed by atoms with Crippen molar-refractivity contribution in [3.8, 4) is 11.8 Å². The number of benzene rings is 1. The van der Waals surface area contributed by atoms with Gasteiger partial charge < -0.3 is 9.84 Å². The summed E-state index contributed by atoms with van der Waals surface area (Å²) in [6.45, 7) is 3.60. The molecule has 0 radical (unpaired) electrons. The fourth-order valence-corrected chi connectivity index (χ4v) is 2.87. The minimum Gasteiger partial charge on any atom is -0.485 e. The van der Waals surface area contributed by atoms with Gasteiger partial charge >= 0.3 is 0 Å². The predicted molar refractivity (Wildman–Crippen MR) is 95.5 cm³/mol. The SMILES string of the molecule is CONC(=N[C@H]1c2cc(C#N)ccc2OC(C)(C)[C@@H]1O)c1cccnc1. The zero-order valence-corrected chi connectivity index (χ0v) is 14.8. The van der Waals surface area contributed by atoms with Crippen molar-refractivity contribution in [3.05, 3.63) is 59.4 Å². The largest absolute Gasteiger partial charge is 0.485 e. The Morgan fingerprint density at radius 3 is 2.88 bits per heavy atom. The number of nitrogens with zero attached hydrogens (tertiary/aromatic N) is 3. The molecule has 0 aliphatic carbocycles. The minimum absolute atomic E-state index is 0.427. The Bertz CT molecular complexity index is 859. The molecule has 1 aliphatic heterocycles. The highest BCUT2D eigenvalue weighted by Gasteiger charge is 2.43. The third-order valence-corrected chi connectivity index (χ3v) is 4.24. The van der Waals surface area contributed by atoms with Gasteiger partial charge in [-0.05, 0) is 44.2 Å². The normalized spacial score (nSPS) is 21.3. The molecule has 0 amide bonds. The third-order valence-electron chi connectivity index (χ3n) is 4.24. The number of fused-ring (bicyclic) bond motifs is 1. The van der Waals surface area contributed by atoms with E-state index in [1.165, 1.54) is 7.11 Å². The zero-order chi connectivity index (χ0) is 18.7. The fourth-order valence-electron chi connectivity index (χ4n) is 2.87. The van der Waals surface area contributed by atoms with Gasteiger partial charge in [0.05, 0.1) is 18.7 Å². The molecule has 0 saturated heterocycles. The first-order valence-electron chi connectivity index (χ1n) is 8.14. The lowest BCUT2D eigenvalue weighted by molar-refractivity contribution is -0.0568. The van der Waals surface area contributed by atoms with Crippen LogP contribution in [-0.2, 0) is 4.84 Å². The predicted octanol–water partition coefficient (Wildman–Crippen LogP) is 2.12. The highest BCUT2D eigenvalue weighted by atomic mass is 16.6. The second-order valence-corrected chi connectivity index (χ2v) is 6.49. The van der Waals surface area contributed by atoms with E-state index in [1.807, 2.05) is 6.07 Å². The van der Waals surface area contributed by atoms with E-state index >= 15 is 0 Å². The summed E-state index contributed by atoms with van der Waals surface area (Å²) in [6, 6.07) is 10.2. The second kappa shape index (κ2) is 7.12. The average Bonchev–Trinajstić information content (AvgIpc) is 2.65. The van der Waals surface area contributed by atoms with Gasteiger partial charge in [0.15, 0.2) is 5.84 Å². The number of ether oxygens (including phenoxy) is 1. The van der Waals surface area contributed by atoms with Gasteiger partial charge in [-0.1, -0.05) is 0 Å². The molecule has 0 fully saturated rings. The van der Waals surface area contributed by atoms with E-state index in [0.717, 1.165) is 0 Å². The maximum atomic E-state index is 10.9. The summed E-state index contributed by atoms with van der Waals surface area (Å²) in [6.07, 6.45) is 2.39. The van der Waals surface area contributed by atoms with Crippen molar-refractivity contribution in [2.24, 2.45) is 4.99 Å². The lowest BCUT2D eigenvalue weighted by Gasteiger charge is -2.40. The molecule has 0 bridgehead atoms. The number of nitriles is 1. The molecule has 7 heteroatoms. The molecule has 7 nitrogen and oxygen atoms in total. The molecule has 2 heterocycles. The van der Waals surface area contributed by atoms with E-state index in [-0.39, 0.29) is 0 Å². The molecule has 0 spiro atoms. The number of hydrogen-bond donors (Lipinski definition) is 2. The van der Waals surface area contributed by atoms with Gasteiger partial charge in [-0.15, -0.1) is 0 Å². The molecule has 2 aromatic rings. The van der Waals surface area contributed by atoms with Crippen LogP contribution in [0.15, 0.2) is 47.7 Å². The van der Waals surface area contributed by atoms with E-state index in [0.29, 0.717) is 28.3 Å². The highest BCUT2D eigenvalue weighted by molar-refractivity contribution is 5.98. The molecule has 26 heavy (non-hydrogen) atoms. The zero-order valence-electron chi connectivity index (χ0n) is 14.8. The van der Waals surface area contributed by atoms with E-state index < -0.39 is 17.7 Å². The van der Waals surface area contributed by atoms with Crippen LogP contribution >= 0.6 is 0 Å². The molecular weight excluding hydrogens is 332 g/mol. The summed E-state index contributed by atoms with van der Waals surface area (Å²) in [5.74, 6) is 1.02. The van der Waals surface area contributed by atoms with Gasteiger partial charge in [-0.3, -0.25) is 14.8 Å². The summed E-state index contributed by atoms with van der Waals surface area (Å²) < 4.78 is 5.92. The van der Waals surface area contributed by atoms with Crippen LogP contribution in [0.2, 0.25) is 0 Å². The fraction of sp³-hybridized carbons (Fsp3) is 0.316. The van der Waals surface area contributed by atoms with Crippen molar-refractivity contribution < 1.29 is 14.7 Å². The Morgan fingerprint density at radius 2 is 2.23 bits per heavy atom. The molecule has 134 valence electrons. The van der Waals surface area contributed by atoms with Gasteiger partial charge in [0.25, 0.3) is 0 Å². The minimum atomic E-state index is -0.922. The molecule has 0 saturated carbocycles. The van der Waals surface area contributed by atoms with E-state index in [2.05, 4.69) is 16.5 Å². The van der Waals surface area contributed by atoms with Crippen LogP contribution < -0.4 is 10.2 Å². The molecule has 1 aromatic carbocycles. The molecular formula is C19H20N4O3. The summed E-state index contributed by atoms with van der Waals surface area (Å²) in [5.41, 5.74) is 3.74. The number of aliphatic hydroxyl groups is 1. The first-order valence-corrected chi connectivity index (χ1v) is 8.14. The Morgan fingerprint density at radius 1 is 1.42 bits per heavy atom. The van der Waals surface area contributed by atoms with Gasteiger partial charge in [-0.25, -0.2) is 5.48 Å². The smallest absolute Gasteiger partial charge is 0.154 e. The summed E-state index contributed by atoms with van der Waals surface area (Å²) in [7, 11) is 1.48. The quantitative estimate of drug-likeness (QED) is 0.499. The topological polar surface area (TPSA) is 99.8 Å². The van der Waals surface area contributed by atoms with E-state index in [4.69, 9.17) is 14.6 Å². The molecule has 1 aliphatic rings. The number of aliphatic imine (C=N–C) groups is 1. The van der Waals surface area contributed by atoms with Crippen molar-refractivity contribution in [2.45, 2.75) is 31.6 Å². The number of aromatic nitrogens is 1. The second-order valence-electron chi connectivity index (χ2n) is 6.49. The lowest BCUT2D eigenvalue weighted by atomic mass is 9.86. The molecule has 2 atom stereocenters. The maximum Gasteiger partial charge on any atom is 0.154 e. The number of rotatable bonds is 3. The molecule has 3 rings (SSSR count). The van der Waals surface area contributed by atoms with Gasteiger partial charge in [0, 0.05) is 23.5 Å². The molecule has 0 unspecified atom stereocenters. The summed E-state index contributed by atoms with van der Waals surface area (Å²) in [5, 5.41) is 20.1. The van der Waals surface area contributed by atoms with Crippen molar-refractivity contribution >= 4 is 5.84 Å². The highest BCUT2D eigenvalue weighted by Crippen LogP contribution is 2.42. The van der Waals surface area contributed by atoms with Crippen molar-refractivity contribution in [2.75, 3.05) is 7.11 Å². The monoisotopic (exact) mass is 352 g/mol. The number of aliphatic hydroxyl groups excluding tert-OH is 1. The van der Waals surface area contributed by atoms with Crippen LogP contribution in [0.3, 0.4) is 0 Å². The Labute approximate surface area is 151 Å². The van der Waals surface area contributed by atoms with Crippen LogP contribution in [0.5, 0.6) is 5.75 Å². The first kappa shape index (κ1) is 17.9. The van der Waals surface area contributed by atoms with E-state index in [9.17, 15) is 10.4 Å². The van der Waals surface area contributed by atoms with Gasteiger partial charge in [0.2, 0.25) is 0 Å². The number of hydroxylamine groups is 1. The number of amidine groups is 1. The first-order chi connectivity index (χ1) is 12.5.